The number of nitrogens with zero attached hydrogens (tertiary/aromatic N) is 4. The molecule has 2 unspecified atom stereocenters. The highest BCUT2D eigenvalue weighted by molar-refractivity contribution is 5.84. The van der Waals surface area contributed by atoms with Gasteiger partial charge in [-0.2, -0.15) is 18.2 Å². The van der Waals surface area contributed by atoms with E-state index < -0.39 is 17.8 Å². The van der Waals surface area contributed by atoms with Crippen molar-refractivity contribution in [2.24, 2.45) is 0 Å². The fraction of sp³-hybridized carbons (Fsp3) is 0.227. The fourth-order valence-electron chi connectivity index (χ4n) is 3.90. The van der Waals surface area contributed by atoms with Crippen LogP contribution in [0.3, 0.4) is 0 Å². The number of amides is 1. The predicted molar refractivity (Wildman–Crippen MR) is 107 cm³/mol. The van der Waals surface area contributed by atoms with Gasteiger partial charge >= 0.3 is 6.18 Å². The molecule has 0 bridgehead atoms. The molecule has 5 rings (SSSR count). The summed E-state index contributed by atoms with van der Waals surface area (Å²) in [6.45, 7) is -0.0210. The van der Waals surface area contributed by atoms with E-state index in [9.17, 15) is 22.4 Å². The lowest BCUT2D eigenvalue weighted by molar-refractivity contribution is -0.137. The van der Waals surface area contributed by atoms with Crippen LogP contribution in [0.2, 0.25) is 0 Å². The summed E-state index contributed by atoms with van der Waals surface area (Å²) < 4.78 is 57.3. The molecule has 1 saturated heterocycles. The van der Waals surface area contributed by atoms with Gasteiger partial charge in [-0.15, -0.1) is 0 Å². The summed E-state index contributed by atoms with van der Waals surface area (Å²) in [7, 11) is 0. The van der Waals surface area contributed by atoms with Gasteiger partial charge in [-0.25, -0.2) is 9.82 Å². The first-order valence-corrected chi connectivity index (χ1v) is 10.1. The molecule has 3 aromatic rings. The van der Waals surface area contributed by atoms with Gasteiger partial charge in [0.05, 0.1) is 11.6 Å². The second kappa shape index (κ2) is 8.00. The highest BCUT2D eigenvalue weighted by atomic mass is 19.4. The molecule has 1 fully saturated rings. The van der Waals surface area contributed by atoms with E-state index in [-0.39, 0.29) is 41.6 Å². The number of alkyl halides is 3. The molecular weight excluding hydrogens is 442 g/mol. The lowest BCUT2D eigenvalue weighted by Crippen LogP contribution is -2.47. The quantitative estimate of drug-likeness (QED) is 0.594. The summed E-state index contributed by atoms with van der Waals surface area (Å²) in [5.41, 5.74) is 3.43. The van der Waals surface area contributed by atoms with Gasteiger partial charge in [0, 0.05) is 18.0 Å². The van der Waals surface area contributed by atoms with Crippen LogP contribution in [0.5, 0.6) is 0 Å². The standard InChI is InChI=1S/C22H17F4N5O2/c23-16-6-4-13(5-7-16)17-11-18-21(32)30(8-9-31(18)28-17)12-19-27-20(29-33-19)14-2-1-3-15(10-14)22(24,25)26/h1-10,17-18,28H,11-12H2. The van der Waals surface area contributed by atoms with Gasteiger partial charge in [-0.05, 0) is 36.2 Å². The fourth-order valence-corrected chi connectivity index (χ4v) is 3.90. The number of hydrazine groups is 1. The van der Waals surface area contributed by atoms with E-state index in [0.717, 1.165) is 17.7 Å². The molecule has 0 saturated carbocycles. The SMILES string of the molecule is O=C1C2CC(c3ccc(F)cc3)NN2C=CN1Cc1nc(-c2cccc(C(F)(F)F)c2)no1. The molecule has 33 heavy (non-hydrogen) atoms. The molecule has 1 amide bonds. The third kappa shape index (κ3) is 4.19. The van der Waals surface area contributed by atoms with Crippen LogP contribution in [0.4, 0.5) is 17.6 Å². The maximum absolute atomic E-state index is 13.2. The van der Waals surface area contributed by atoms with Crippen molar-refractivity contribution in [1.29, 1.82) is 0 Å². The van der Waals surface area contributed by atoms with E-state index in [0.29, 0.717) is 6.42 Å². The van der Waals surface area contributed by atoms with Crippen LogP contribution in [0, 0.1) is 5.82 Å². The third-order valence-electron chi connectivity index (χ3n) is 5.57. The van der Waals surface area contributed by atoms with E-state index in [2.05, 4.69) is 15.6 Å². The van der Waals surface area contributed by atoms with Gasteiger partial charge in [-0.1, -0.05) is 29.4 Å². The Hall–Kier alpha value is -3.73. The number of hydrogen-bond donors (Lipinski definition) is 1. The molecular formula is C22H17F4N5O2. The summed E-state index contributed by atoms with van der Waals surface area (Å²) in [6.07, 6.45) is -0.738. The van der Waals surface area contributed by atoms with Crippen molar-refractivity contribution in [1.82, 2.24) is 25.5 Å². The average Bonchev–Trinajstić information content (AvgIpc) is 3.44. The first kappa shape index (κ1) is 21.1. The summed E-state index contributed by atoms with van der Waals surface area (Å²) in [4.78, 5) is 18.6. The van der Waals surface area contributed by atoms with Crippen molar-refractivity contribution in [3.05, 3.63) is 83.8 Å². The monoisotopic (exact) mass is 459 g/mol. The lowest BCUT2D eigenvalue weighted by atomic mass is 10.0. The first-order chi connectivity index (χ1) is 15.8. The zero-order valence-electron chi connectivity index (χ0n) is 17.0. The molecule has 0 spiro atoms. The second-order valence-corrected chi connectivity index (χ2v) is 7.75. The number of benzene rings is 2. The molecule has 0 aliphatic carbocycles. The predicted octanol–water partition coefficient (Wildman–Crippen LogP) is 4.03. The van der Waals surface area contributed by atoms with Crippen LogP contribution in [-0.4, -0.2) is 32.0 Å². The van der Waals surface area contributed by atoms with E-state index in [1.54, 1.807) is 29.5 Å². The van der Waals surface area contributed by atoms with Gasteiger partial charge in [0.15, 0.2) is 0 Å². The van der Waals surface area contributed by atoms with E-state index in [4.69, 9.17) is 4.52 Å². The molecule has 2 aliphatic rings. The highest BCUT2D eigenvalue weighted by Gasteiger charge is 2.40. The van der Waals surface area contributed by atoms with Crippen molar-refractivity contribution < 1.29 is 26.9 Å². The summed E-state index contributed by atoms with van der Waals surface area (Å²) in [6, 6.07) is 10.1. The number of aromatic nitrogens is 2. The minimum absolute atomic E-state index is 0.00470. The summed E-state index contributed by atoms with van der Waals surface area (Å²) >= 11 is 0. The Kier molecular flexibility index (Phi) is 5.12. The Morgan fingerprint density at radius 2 is 1.91 bits per heavy atom. The Labute approximate surface area is 185 Å². The molecule has 2 aliphatic heterocycles. The minimum Gasteiger partial charge on any atom is -0.337 e. The van der Waals surface area contributed by atoms with Crippen LogP contribution in [-0.2, 0) is 17.5 Å². The molecule has 2 atom stereocenters. The van der Waals surface area contributed by atoms with Crippen molar-refractivity contribution in [3.63, 3.8) is 0 Å². The number of nitrogens with one attached hydrogen (secondary N) is 1. The number of halogens is 4. The molecule has 2 aromatic carbocycles. The normalized spacial score (nSPS) is 20.4. The van der Waals surface area contributed by atoms with Crippen molar-refractivity contribution in [3.8, 4) is 11.4 Å². The van der Waals surface area contributed by atoms with Crippen LogP contribution < -0.4 is 5.43 Å². The smallest absolute Gasteiger partial charge is 0.337 e. The summed E-state index contributed by atoms with van der Waals surface area (Å²) in [5, 5.41) is 5.46. The van der Waals surface area contributed by atoms with E-state index >= 15 is 0 Å². The molecule has 1 N–H and O–H groups in total. The maximum Gasteiger partial charge on any atom is 0.416 e. The lowest BCUT2D eigenvalue weighted by Gasteiger charge is -2.30. The number of carbonyl (C=O) groups is 1. The van der Waals surface area contributed by atoms with Crippen LogP contribution in [0.25, 0.3) is 11.4 Å². The molecule has 170 valence electrons. The Bertz CT molecular complexity index is 1210. The number of fused-ring (bicyclic) bond motifs is 1. The maximum atomic E-state index is 13.2. The largest absolute Gasteiger partial charge is 0.416 e. The molecule has 1 aromatic heterocycles. The van der Waals surface area contributed by atoms with Crippen molar-refractivity contribution in [2.75, 3.05) is 0 Å². The van der Waals surface area contributed by atoms with Gasteiger partial charge in [-0.3, -0.25) is 4.79 Å². The van der Waals surface area contributed by atoms with Crippen LogP contribution in [0.15, 0.2) is 65.5 Å². The van der Waals surface area contributed by atoms with Crippen molar-refractivity contribution >= 4 is 5.91 Å². The van der Waals surface area contributed by atoms with Crippen molar-refractivity contribution in [2.45, 2.75) is 31.2 Å². The average molecular weight is 459 g/mol. The highest BCUT2D eigenvalue weighted by Crippen LogP contribution is 2.33. The Morgan fingerprint density at radius 3 is 2.67 bits per heavy atom. The Morgan fingerprint density at radius 1 is 1.12 bits per heavy atom. The Balaban J connectivity index is 1.28. The topological polar surface area (TPSA) is 74.5 Å². The van der Waals surface area contributed by atoms with Crippen LogP contribution in [0.1, 0.15) is 29.5 Å². The second-order valence-electron chi connectivity index (χ2n) is 7.75. The number of rotatable bonds is 4. The molecule has 0 radical (unpaired) electrons. The van der Waals surface area contributed by atoms with Gasteiger partial charge in [0.25, 0.3) is 5.91 Å². The number of hydrogen-bond acceptors (Lipinski definition) is 6. The number of carbonyl (C=O) groups excluding carboxylic acids is 1. The third-order valence-corrected chi connectivity index (χ3v) is 5.57. The van der Waals surface area contributed by atoms with Gasteiger partial charge < -0.3 is 14.4 Å². The first-order valence-electron chi connectivity index (χ1n) is 10.1. The van der Waals surface area contributed by atoms with Gasteiger partial charge in [0.1, 0.15) is 18.4 Å². The minimum atomic E-state index is -4.49. The zero-order valence-corrected chi connectivity index (χ0v) is 17.0. The molecule has 11 heteroatoms. The molecule has 3 heterocycles. The van der Waals surface area contributed by atoms with Gasteiger partial charge in [0.2, 0.25) is 11.7 Å². The van der Waals surface area contributed by atoms with E-state index in [1.807, 2.05) is 0 Å². The zero-order chi connectivity index (χ0) is 23.2. The van der Waals surface area contributed by atoms with Crippen LogP contribution >= 0.6 is 0 Å². The molecule has 7 nitrogen and oxygen atoms in total. The summed E-state index contributed by atoms with van der Waals surface area (Å²) in [5.74, 6) is -0.436. The van der Waals surface area contributed by atoms with E-state index in [1.165, 1.54) is 29.2 Å².